The lowest BCUT2D eigenvalue weighted by atomic mass is 10.1. The van der Waals surface area contributed by atoms with Gasteiger partial charge in [-0.25, -0.2) is 13.6 Å². The third-order valence-corrected chi connectivity index (χ3v) is 3.28. The lowest BCUT2D eigenvalue weighted by molar-refractivity contribution is 0.307. The molecule has 0 aliphatic rings. The van der Waals surface area contributed by atoms with E-state index in [1.807, 2.05) is 32.0 Å². The average molecular weight is 257 g/mol. The molecule has 0 radical (unpaired) electrons. The highest BCUT2D eigenvalue weighted by Gasteiger charge is 2.03. The van der Waals surface area contributed by atoms with Gasteiger partial charge in [0.05, 0.1) is 12.4 Å². The normalized spacial score (nSPS) is 11.5. The molecule has 0 heterocycles. The molecular weight excluding hydrogens is 238 g/mol. The third-order valence-electron chi connectivity index (χ3n) is 2.42. The number of rotatable bonds is 6. The Balaban J connectivity index is 2.34. The van der Waals surface area contributed by atoms with Gasteiger partial charge in [0.1, 0.15) is 5.75 Å². The van der Waals surface area contributed by atoms with E-state index in [4.69, 9.17) is 9.88 Å². The van der Waals surface area contributed by atoms with Crippen molar-refractivity contribution in [1.29, 1.82) is 0 Å². The first kappa shape index (κ1) is 14.0. The van der Waals surface area contributed by atoms with Crippen molar-refractivity contribution in [1.82, 2.24) is 0 Å². The van der Waals surface area contributed by atoms with E-state index in [2.05, 4.69) is 0 Å². The van der Waals surface area contributed by atoms with Crippen molar-refractivity contribution in [3.8, 4) is 5.75 Å². The molecule has 0 aliphatic heterocycles. The first-order valence-electron chi connectivity index (χ1n) is 5.59. The highest BCUT2D eigenvalue weighted by molar-refractivity contribution is 7.89. The van der Waals surface area contributed by atoms with Crippen LogP contribution in [-0.4, -0.2) is 20.8 Å². The number of ether oxygens (including phenoxy) is 1. The van der Waals surface area contributed by atoms with Crippen molar-refractivity contribution >= 4 is 10.0 Å². The molecule has 0 spiro atoms. The molecule has 0 bridgehead atoms. The monoisotopic (exact) mass is 257 g/mol. The maximum absolute atomic E-state index is 10.7. The van der Waals surface area contributed by atoms with Gasteiger partial charge in [0.15, 0.2) is 0 Å². The smallest absolute Gasteiger partial charge is 0.209 e. The fourth-order valence-corrected chi connectivity index (χ4v) is 2.06. The standard InChI is InChI=1S/C12H19NO3S/c1-10-5-6-11(2)12(9-10)16-7-3-4-8-17(13,14)15/h5-6,9H,3-4,7-8H2,1-2H3,(H2,13,14,15). The van der Waals surface area contributed by atoms with E-state index in [1.165, 1.54) is 0 Å². The number of hydrogen-bond acceptors (Lipinski definition) is 3. The van der Waals surface area contributed by atoms with Gasteiger partial charge in [-0.2, -0.15) is 0 Å². The molecule has 2 N–H and O–H groups in total. The first-order valence-corrected chi connectivity index (χ1v) is 7.30. The van der Waals surface area contributed by atoms with Crippen molar-refractivity contribution in [3.63, 3.8) is 0 Å². The van der Waals surface area contributed by atoms with Crippen LogP contribution in [0.15, 0.2) is 18.2 Å². The van der Waals surface area contributed by atoms with Gasteiger partial charge >= 0.3 is 0 Å². The van der Waals surface area contributed by atoms with Gasteiger partial charge in [0.2, 0.25) is 10.0 Å². The maximum Gasteiger partial charge on any atom is 0.209 e. The first-order chi connectivity index (χ1) is 7.88. The second-order valence-electron chi connectivity index (χ2n) is 4.19. The number of hydrogen-bond donors (Lipinski definition) is 1. The average Bonchev–Trinajstić information content (AvgIpc) is 2.21. The molecule has 96 valence electrons. The Kier molecular flexibility index (Phi) is 4.96. The Bertz CT molecular complexity index is 469. The number of benzene rings is 1. The Hall–Kier alpha value is -1.07. The summed E-state index contributed by atoms with van der Waals surface area (Å²) in [6.45, 7) is 4.51. The van der Waals surface area contributed by atoms with E-state index in [1.54, 1.807) is 0 Å². The van der Waals surface area contributed by atoms with Gasteiger partial charge in [-0.1, -0.05) is 12.1 Å². The van der Waals surface area contributed by atoms with Crippen LogP contribution < -0.4 is 9.88 Å². The summed E-state index contributed by atoms with van der Waals surface area (Å²) in [6.07, 6.45) is 1.22. The van der Waals surface area contributed by atoms with Crippen LogP contribution in [0.1, 0.15) is 24.0 Å². The Morgan fingerprint density at radius 1 is 1.24 bits per heavy atom. The van der Waals surface area contributed by atoms with E-state index in [-0.39, 0.29) is 5.75 Å². The zero-order chi connectivity index (χ0) is 12.9. The molecule has 4 nitrogen and oxygen atoms in total. The minimum Gasteiger partial charge on any atom is -0.493 e. The van der Waals surface area contributed by atoms with Gasteiger partial charge in [-0.05, 0) is 43.9 Å². The second-order valence-corrected chi connectivity index (χ2v) is 5.93. The molecule has 1 aromatic rings. The Labute approximate surface area is 103 Å². The highest BCUT2D eigenvalue weighted by atomic mass is 32.2. The van der Waals surface area contributed by atoms with Gasteiger partial charge in [0, 0.05) is 0 Å². The summed E-state index contributed by atoms with van der Waals surface area (Å²) >= 11 is 0. The summed E-state index contributed by atoms with van der Waals surface area (Å²) in [6, 6.07) is 6.02. The van der Waals surface area contributed by atoms with Gasteiger partial charge < -0.3 is 4.74 Å². The molecule has 17 heavy (non-hydrogen) atoms. The molecule has 0 unspecified atom stereocenters. The molecule has 0 aliphatic carbocycles. The lowest BCUT2D eigenvalue weighted by Gasteiger charge is -2.09. The molecule has 5 heteroatoms. The number of sulfonamides is 1. The summed E-state index contributed by atoms with van der Waals surface area (Å²) in [4.78, 5) is 0. The third kappa shape index (κ3) is 5.70. The molecule has 0 amide bonds. The molecule has 0 saturated heterocycles. The highest BCUT2D eigenvalue weighted by Crippen LogP contribution is 2.19. The molecule has 0 saturated carbocycles. The van der Waals surface area contributed by atoms with Gasteiger partial charge in [-0.15, -0.1) is 0 Å². The quantitative estimate of drug-likeness (QED) is 0.789. The van der Waals surface area contributed by atoms with Crippen LogP contribution in [0, 0.1) is 13.8 Å². The fraction of sp³-hybridized carbons (Fsp3) is 0.500. The van der Waals surface area contributed by atoms with Crippen molar-refractivity contribution in [2.45, 2.75) is 26.7 Å². The largest absolute Gasteiger partial charge is 0.493 e. The molecule has 0 aromatic heterocycles. The van der Waals surface area contributed by atoms with Crippen LogP contribution in [0.2, 0.25) is 0 Å². The molecule has 1 rings (SSSR count). The summed E-state index contributed by atoms with van der Waals surface area (Å²) in [5.41, 5.74) is 2.23. The summed E-state index contributed by atoms with van der Waals surface area (Å²) in [5.74, 6) is 0.879. The minimum absolute atomic E-state index is 0.0170. The number of unbranched alkanes of at least 4 members (excludes halogenated alkanes) is 1. The van der Waals surface area contributed by atoms with Crippen molar-refractivity contribution in [2.75, 3.05) is 12.4 Å². The fourth-order valence-electron chi connectivity index (χ4n) is 1.45. The molecular formula is C12H19NO3S. The SMILES string of the molecule is Cc1ccc(C)c(OCCCCS(N)(=O)=O)c1. The maximum atomic E-state index is 10.7. The van der Waals surface area contributed by atoms with Crippen molar-refractivity contribution in [2.24, 2.45) is 5.14 Å². The van der Waals surface area contributed by atoms with E-state index in [0.717, 1.165) is 16.9 Å². The van der Waals surface area contributed by atoms with Crippen LogP contribution in [-0.2, 0) is 10.0 Å². The van der Waals surface area contributed by atoms with E-state index in [0.29, 0.717) is 19.4 Å². The van der Waals surface area contributed by atoms with Gasteiger partial charge in [-0.3, -0.25) is 0 Å². The Morgan fingerprint density at radius 3 is 2.59 bits per heavy atom. The van der Waals surface area contributed by atoms with E-state index < -0.39 is 10.0 Å². The van der Waals surface area contributed by atoms with E-state index in [9.17, 15) is 8.42 Å². The van der Waals surface area contributed by atoms with Crippen molar-refractivity contribution in [3.05, 3.63) is 29.3 Å². The summed E-state index contributed by atoms with van der Waals surface area (Å²) in [5, 5.41) is 4.90. The lowest BCUT2D eigenvalue weighted by Crippen LogP contribution is -2.16. The van der Waals surface area contributed by atoms with Gasteiger partial charge in [0.25, 0.3) is 0 Å². The molecule has 0 fully saturated rings. The summed E-state index contributed by atoms with van der Waals surface area (Å²) in [7, 11) is -3.34. The number of aryl methyl sites for hydroxylation is 2. The Morgan fingerprint density at radius 2 is 1.94 bits per heavy atom. The van der Waals surface area contributed by atoms with Crippen LogP contribution in [0.4, 0.5) is 0 Å². The van der Waals surface area contributed by atoms with Crippen molar-refractivity contribution < 1.29 is 13.2 Å². The predicted octanol–water partition coefficient (Wildman–Crippen LogP) is 1.75. The minimum atomic E-state index is -3.34. The van der Waals surface area contributed by atoms with Crippen LogP contribution in [0.5, 0.6) is 5.75 Å². The van der Waals surface area contributed by atoms with E-state index >= 15 is 0 Å². The van der Waals surface area contributed by atoms with Crippen LogP contribution in [0.25, 0.3) is 0 Å². The summed E-state index contributed by atoms with van der Waals surface area (Å²) < 4.78 is 27.0. The molecule has 0 atom stereocenters. The van der Waals surface area contributed by atoms with Crippen LogP contribution in [0.3, 0.4) is 0 Å². The zero-order valence-electron chi connectivity index (χ0n) is 10.3. The number of primary sulfonamides is 1. The molecule has 1 aromatic carbocycles. The zero-order valence-corrected chi connectivity index (χ0v) is 11.1. The predicted molar refractivity (Wildman–Crippen MR) is 68.6 cm³/mol. The topological polar surface area (TPSA) is 69.4 Å². The van der Waals surface area contributed by atoms with Crippen LogP contribution >= 0.6 is 0 Å². The second kappa shape index (κ2) is 6.02. The number of nitrogens with two attached hydrogens (primary N) is 1.